The van der Waals surface area contributed by atoms with E-state index in [4.69, 9.17) is 11.6 Å². The van der Waals surface area contributed by atoms with Gasteiger partial charge in [-0.05, 0) is 34.6 Å². The van der Waals surface area contributed by atoms with Gasteiger partial charge in [-0.15, -0.1) is 16.7 Å². The van der Waals surface area contributed by atoms with Crippen LogP contribution in [0.2, 0.25) is 0 Å². The highest BCUT2D eigenvalue weighted by atomic mass is 35.5. The Bertz CT molecular complexity index is 334. The zero-order chi connectivity index (χ0) is 10.9. The molecule has 1 saturated carbocycles. The Morgan fingerprint density at radius 1 is 1.53 bits per heavy atom. The molecule has 1 heterocycles. The molecule has 0 aromatic carbocycles. The van der Waals surface area contributed by atoms with Gasteiger partial charge in [0.05, 0.1) is 5.88 Å². The summed E-state index contributed by atoms with van der Waals surface area (Å²) in [5.41, 5.74) is 0.412. The molecule has 0 aliphatic heterocycles. The van der Waals surface area contributed by atoms with Crippen LogP contribution in [0.4, 0.5) is 0 Å². The fourth-order valence-electron chi connectivity index (χ4n) is 2.41. The van der Waals surface area contributed by atoms with E-state index in [0.29, 0.717) is 17.2 Å². The van der Waals surface area contributed by atoms with Crippen molar-refractivity contribution in [3.63, 3.8) is 0 Å². The molecule has 2 rings (SSSR count). The van der Waals surface area contributed by atoms with Crippen LogP contribution in [0, 0.1) is 11.3 Å². The van der Waals surface area contributed by atoms with E-state index in [1.165, 1.54) is 19.3 Å². The molecule has 84 valence electrons. The largest absolute Gasteiger partial charge is 0.228 e. The summed E-state index contributed by atoms with van der Waals surface area (Å²) in [6.07, 6.45) is 3.89. The van der Waals surface area contributed by atoms with Gasteiger partial charge < -0.3 is 0 Å². The van der Waals surface area contributed by atoms with Crippen molar-refractivity contribution in [2.75, 3.05) is 0 Å². The summed E-state index contributed by atoms with van der Waals surface area (Å²) in [6.45, 7) is 5.56. The van der Waals surface area contributed by atoms with Crippen molar-refractivity contribution < 1.29 is 0 Å². The number of nitrogens with zero attached hydrogens (tertiary/aromatic N) is 4. The van der Waals surface area contributed by atoms with Gasteiger partial charge in [-0.25, -0.2) is 4.68 Å². The molecular weight excluding hydrogens is 212 g/mol. The minimum Gasteiger partial charge on any atom is -0.228 e. The second-order valence-corrected chi connectivity index (χ2v) is 5.26. The average molecular weight is 229 g/mol. The lowest BCUT2D eigenvalue weighted by atomic mass is 9.82. The molecule has 1 atom stereocenters. The molecule has 0 radical (unpaired) electrons. The first-order valence-electron chi connectivity index (χ1n) is 5.44. The van der Waals surface area contributed by atoms with Crippen LogP contribution in [0.15, 0.2) is 0 Å². The highest BCUT2D eigenvalue weighted by molar-refractivity contribution is 6.16. The van der Waals surface area contributed by atoms with E-state index in [9.17, 15) is 0 Å². The fourth-order valence-corrected chi connectivity index (χ4v) is 2.60. The third kappa shape index (κ3) is 2.14. The van der Waals surface area contributed by atoms with Gasteiger partial charge in [0.2, 0.25) is 0 Å². The summed E-state index contributed by atoms with van der Waals surface area (Å²) < 4.78 is 1.85. The molecule has 1 aromatic heterocycles. The standard InChI is InChI=1S/C10H17ClN4/c1-10(2)5-3-4-8(10)7-15-9(6-11)12-13-14-15/h8H,3-7H2,1-2H3. The maximum absolute atomic E-state index is 5.77. The molecule has 15 heavy (non-hydrogen) atoms. The highest BCUT2D eigenvalue weighted by Gasteiger charge is 2.35. The molecule has 1 aliphatic carbocycles. The predicted octanol–water partition coefficient (Wildman–Crippen LogP) is 2.24. The lowest BCUT2D eigenvalue weighted by Crippen LogP contribution is -2.23. The molecule has 0 bridgehead atoms. The summed E-state index contributed by atoms with van der Waals surface area (Å²) in [6, 6.07) is 0. The van der Waals surface area contributed by atoms with Crippen molar-refractivity contribution in [2.24, 2.45) is 11.3 Å². The second-order valence-electron chi connectivity index (χ2n) is 4.99. The Kier molecular flexibility index (Phi) is 2.96. The van der Waals surface area contributed by atoms with E-state index < -0.39 is 0 Å². The molecule has 1 aliphatic rings. The number of alkyl halides is 1. The second kappa shape index (κ2) is 4.08. The minimum absolute atomic E-state index is 0.389. The highest BCUT2D eigenvalue weighted by Crippen LogP contribution is 2.43. The number of hydrogen-bond donors (Lipinski definition) is 0. The zero-order valence-electron chi connectivity index (χ0n) is 9.28. The maximum Gasteiger partial charge on any atom is 0.166 e. The van der Waals surface area contributed by atoms with Crippen molar-refractivity contribution in [3.8, 4) is 0 Å². The molecular formula is C10H17ClN4. The summed E-state index contributed by atoms with van der Waals surface area (Å²) in [4.78, 5) is 0. The first kappa shape index (κ1) is 10.9. The number of hydrogen-bond acceptors (Lipinski definition) is 3. The van der Waals surface area contributed by atoms with Crippen LogP contribution in [0.3, 0.4) is 0 Å². The van der Waals surface area contributed by atoms with Crippen LogP contribution in [-0.2, 0) is 12.4 Å². The van der Waals surface area contributed by atoms with Crippen molar-refractivity contribution in [3.05, 3.63) is 5.82 Å². The van der Waals surface area contributed by atoms with Crippen LogP contribution in [0.5, 0.6) is 0 Å². The smallest absolute Gasteiger partial charge is 0.166 e. The van der Waals surface area contributed by atoms with E-state index in [0.717, 1.165) is 12.4 Å². The van der Waals surface area contributed by atoms with E-state index in [1.807, 2.05) is 4.68 Å². The van der Waals surface area contributed by atoms with Gasteiger partial charge in [0, 0.05) is 6.54 Å². The fraction of sp³-hybridized carbons (Fsp3) is 0.900. The van der Waals surface area contributed by atoms with Gasteiger partial charge in [-0.2, -0.15) is 0 Å². The third-order valence-corrected chi connectivity index (χ3v) is 3.84. The van der Waals surface area contributed by atoms with Crippen molar-refractivity contribution in [2.45, 2.75) is 45.5 Å². The molecule has 0 amide bonds. The van der Waals surface area contributed by atoms with Gasteiger partial charge in [-0.1, -0.05) is 20.3 Å². The number of rotatable bonds is 3. The number of tetrazole rings is 1. The van der Waals surface area contributed by atoms with E-state index >= 15 is 0 Å². The molecule has 1 unspecified atom stereocenters. The van der Waals surface area contributed by atoms with Crippen LogP contribution in [0.25, 0.3) is 0 Å². The van der Waals surface area contributed by atoms with Crippen molar-refractivity contribution in [1.82, 2.24) is 20.2 Å². The van der Waals surface area contributed by atoms with Gasteiger partial charge >= 0.3 is 0 Å². The quantitative estimate of drug-likeness (QED) is 0.746. The van der Waals surface area contributed by atoms with Crippen LogP contribution < -0.4 is 0 Å². The Labute approximate surface area is 95.0 Å². The van der Waals surface area contributed by atoms with E-state index in [2.05, 4.69) is 29.4 Å². The van der Waals surface area contributed by atoms with Crippen LogP contribution in [-0.4, -0.2) is 20.2 Å². The lowest BCUT2D eigenvalue weighted by molar-refractivity contribution is 0.222. The summed E-state index contributed by atoms with van der Waals surface area (Å²) in [7, 11) is 0. The SMILES string of the molecule is CC1(C)CCCC1Cn1nnnc1CCl. The predicted molar refractivity (Wildman–Crippen MR) is 58.5 cm³/mol. The Morgan fingerprint density at radius 2 is 2.33 bits per heavy atom. The van der Waals surface area contributed by atoms with Crippen LogP contribution in [0.1, 0.15) is 38.9 Å². The molecule has 0 saturated heterocycles. The topological polar surface area (TPSA) is 43.6 Å². The molecule has 4 nitrogen and oxygen atoms in total. The molecule has 5 heteroatoms. The van der Waals surface area contributed by atoms with Gasteiger partial charge in [0.15, 0.2) is 5.82 Å². The average Bonchev–Trinajstić information content (AvgIpc) is 2.74. The van der Waals surface area contributed by atoms with Crippen molar-refractivity contribution >= 4 is 11.6 Å². The normalized spacial score (nSPS) is 24.6. The van der Waals surface area contributed by atoms with Gasteiger partial charge in [0.25, 0.3) is 0 Å². The molecule has 0 N–H and O–H groups in total. The van der Waals surface area contributed by atoms with E-state index in [-0.39, 0.29) is 0 Å². The monoisotopic (exact) mass is 228 g/mol. The Balaban J connectivity index is 2.08. The first-order valence-corrected chi connectivity index (χ1v) is 5.98. The minimum atomic E-state index is 0.389. The molecule has 1 aromatic rings. The molecule has 1 fully saturated rings. The lowest BCUT2D eigenvalue weighted by Gasteiger charge is -2.26. The molecule has 0 spiro atoms. The zero-order valence-corrected chi connectivity index (χ0v) is 10.0. The van der Waals surface area contributed by atoms with Crippen molar-refractivity contribution in [1.29, 1.82) is 0 Å². The maximum atomic E-state index is 5.77. The Morgan fingerprint density at radius 3 is 2.93 bits per heavy atom. The van der Waals surface area contributed by atoms with Gasteiger partial charge in [-0.3, -0.25) is 0 Å². The van der Waals surface area contributed by atoms with E-state index in [1.54, 1.807) is 0 Å². The first-order chi connectivity index (χ1) is 7.13. The third-order valence-electron chi connectivity index (χ3n) is 3.60. The number of halogens is 1. The van der Waals surface area contributed by atoms with Gasteiger partial charge in [0.1, 0.15) is 0 Å². The summed E-state index contributed by atoms with van der Waals surface area (Å²) in [5, 5.41) is 11.5. The summed E-state index contributed by atoms with van der Waals surface area (Å²) in [5.74, 6) is 1.84. The summed E-state index contributed by atoms with van der Waals surface area (Å²) >= 11 is 5.77. The number of aromatic nitrogens is 4. The van der Waals surface area contributed by atoms with Crippen LogP contribution >= 0.6 is 11.6 Å². The Hall–Kier alpha value is -0.640.